The zero-order chi connectivity index (χ0) is 20.4. The second-order valence-corrected chi connectivity index (χ2v) is 8.18. The summed E-state index contributed by atoms with van der Waals surface area (Å²) in [5.41, 5.74) is 1.60. The summed E-state index contributed by atoms with van der Waals surface area (Å²) in [7, 11) is 0. The number of benzene rings is 1. The number of nitrogens with one attached hydrogen (secondary N) is 2. The Morgan fingerprint density at radius 1 is 1.17 bits per heavy atom. The molecule has 0 spiro atoms. The lowest BCUT2D eigenvalue weighted by Gasteiger charge is -2.40. The maximum Gasteiger partial charge on any atom is 0.264 e. The number of rotatable bonds is 4. The van der Waals surface area contributed by atoms with Crippen LogP contribution in [0.5, 0.6) is 0 Å². The molecule has 156 valence electrons. The van der Waals surface area contributed by atoms with E-state index in [2.05, 4.69) is 27.4 Å². The topological polar surface area (TPSA) is 84.9 Å². The van der Waals surface area contributed by atoms with Gasteiger partial charge in [-0.15, -0.1) is 0 Å². The predicted molar refractivity (Wildman–Crippen MR) is 113 cm³/mol. The molecular weight excluding hydrogens is 368 g/mol. The van der Waals surface area contributed by atoms with E-state index >= 15 is 0 Å². The van der Waals surface area contributed by atoms with Crippen LogP contribution >= 0.6 is 0 Å². The number of aliphatic hydroxyl groups is 1. The minimum Gasteiger partial charge on any atom is -0.511 e. The number of hydrogen-bond donors (Lipinski definition) is 3. The third-order valence-electron chi connectivity index (χ3n) is 6.37. The Morgan fingerprint density at radius 2 is 1.90 bits per heavy atom. The fourth-order valence-corrected chi connectivity index (χ4v) is 4.62. The third kappa shape index (κ3) is 4.10. The quantitative estimate of drug-likeness (QED) is 0.678. The van der Waals surface area contributed by atoms with Crippen molar-refractivity contribution in [3.8, 4) is 0 Å². The third-order valence-corrected chi connectivity index (χ3v) is 6.37. The number of anilines is 2. The summed E-state index contributed by atoms with van der Waals surface area (Å²) in [6.45, 7) is 6.61. The van der Waals surface area contributed by atoms with E-state index in [4.69, 9.17) is 0 Å². The minimum absolute atomic E-state index is 0.0839. The first-order valence-corrected chi connectivity index (χ1v) is 10.7. The van der Waals surface area contributed by atoms with Gasteiger partial charge in [0.05, 0.1) is 5.92 Å². The van der Waals surface area contributed by atoms with E-state index < -0.39 is 11.8 Å². The van der Waals surface area contributed by atoms with Crippen molar-refractivity contribution in [1.82, 2.24) is 10.2 Å². The average Bonchev–Trinajstić information content (AvgIpc) is 2.75. The summed E-state index contributed by atoms with van der Waals surface area (Å²) >= 11 is 0. The smallest absolute Gasteiger partial charge is 0.264 e. The molecule has 0 aromatic heterocycles. The van der Waals surface area contributed by atoms with E-state index in [1.165, 1.54) is 19.3 Å². The van der Waals surface area contributed by atoms with Crippen LogP contribution in [0, 0.1) is 5.92 Å². The molecule has 0 aliphatic carbocycles. The fourth-order valence-electron chi connectivity index (χ4n) is 4.62. The van der Waals surface area contributed by atoms with Crippen molar-refractivity contribution in [3.05, 3.63) is 35.6 Å². The van der Waals surface area contributed by atoms with E-state index in [0.29, 0.717) is 12.2 Å². The predicted octanol–water partition coefficient (Wildman–Crippen LogP) is 2.27. The number of carbonyl (C=O) groups excluding carboxylic acids is 2. The normalized spacial score (nSPS) is 25.4. The molecule has 0 saturated carbocycles. The molecule has 3 aliphatic rings. The Balaban J connectivity index is 1.47. The van der Waals surface area contributed by atoms with Gasteiger partial charge in [0.2, 0.25) is 0 Å². The highest BCUT2D eigenvalue weighted by Gasteiger charge is 2.41. The maximum atomic E-state index is 12.8. The van der Waals surface area contributed by atoms with E-state index in [1.807, 2.05) is 24.3 Å². The van der Waals surface area contributed by atoms with E-state index in [9.17, 15) is 14.7 Å². The Kier molecular flexibility index (Phi) is 5.76. The van der Waals surface area contributed by atoms with Crippen LogP contribution in [0.4, 0.5) is 11.4 Å². The first-order chi connectivity index (χ1) is 14.1. The molecule has 0 radical (unpaired) electrons. The number of piperidine rings is 2. The van der Waals surface area contributed by atoms with Crippen LogP contribution in [-0.2, 0) is 9.59 Å². The van der Waals surface area contributed by atoms with Gasteiger partial charge in [0.1, 0.15) is 11.3 Å². The van der Waals surface area contributed by atoms with Crippen LogP contribution in [-0.4, -0.2) is 60.6 Å². The SMILES string of the molecule is CCN1CC[C@@H]2NC(=O)C(C(=O)Nc3ccc(N4CCCCC4)cc3)=C(O)[C@H]2C1. The van der Waals surface area contributed by atoms with Gasteiger partial charge in [-0.1, -0.05) is 6.92 Å². The monoisotopic (exact) mass is 398 g/mol. The number of aliphatic hydroxyl groups excluding tert-OH is 1. The van der Waals surface area contributed by atoms with Crippen LogP contribution in [0.1, 0.15) is 32.6 Å². The van der Waals surface area contributed by atoms with Crippen molar-refractivity contribution >= 4 is 23.2 Å². The summed E-state index contributed by atoms with van der Waals surface area (Å²) in [6.07, 6.45) is 4.47. The molecule has 3 N–H and O–H groups in total. The van der Waals surface area contributed by atoms with Crippen molar-refractivity contribution in [1.29, 1.82) is 0 Å². The molecule has 7 heteroatoms. The number of amides is 2. The largest absolute Gasteiger partial charge is 0.511 e. The lowest BCUT2D eigenvalue weighted by atomic mass is 9.85. The van der Waals surface area contributed by atoms with Crippen LogP contribution in [0.15, 0.2) is 35.6 Å². The Labute approximate surface area is 171 Å². The summed E-state index contributed by atoms with van der Waals surface area (Å²) in [4.78, 5) is 29.9. The van der Waals surface area contributed by atoms with Gasteiger partial charge in [-0.3, -0.25) is 9.59 Å². The van der Waals surface area contributed by atoms with Crippen molar-refractivity contribution in [2.45, 2.75) is 38.6 Å². The molecule has 2 fully saturated rings. The molecule has 2 atom stereocenters. The summed E-state index contributed by atoms with van der Waals surface area (Å²) in [5.74, 6) is -1.36. The molecule has 1 aromatic carbocycles. The summed E-state index contributed by atoms with van der Waals surface area (Å²) < 4.78 is 0. The van der Waals surface area contributed by atoms with Crippen molar-refractivity contribution in [3.63, 3.8) is 0 Å². The maximum absolute atomic E-state index is 12.8. The van der Waals surface area contributed by atoms with Gasteiger partial charge < -0.3 is 25.5 Å². The second-order valence-electron chi connectivity index (χ2n) is 8.18. The van der Waals surface area contributed by atoms with E-state index in [-0.39, 0.29) is 23.3 Å². The molecule has 0 unspecified atom stereocenters. The van der Waals surface area contributed by atoms with Gasteiger partial charge in [-0.25, -0.2) is 0 Å². The summed E-state index contributed by atoms with van der Waals surface area (Å²) in [6, 6.07) is 7.58. The van der Waals surface area contributed by atoms with Gasteiger partial charge in [-0.05, 0) is 56.5 Å². The molecule has 4 rings (SSSR count). The first kappa shape index (κ1) is 19.8. The number of likely N-dealkylation sites (tertiary alicyclic amines) is 1. The van der Waals surface area contributed by atoms with Crippen LogP contribution in [0.25, 0.3) is 0 Å². The molecule has 7 nitrogen and oxygen atoms in total. The summed E-state index contributed by atoms with van der Waals surface area (Å²) in [5, 5.41) is 16.4. The number of nitrogens with zero attached hydrogens (tertiary/aromatic N) is 2. The Morgan fingerprint density at radius 3 is 2.59 bits per heavy atom. The second kappa shape index (κ2) is 8.45. The average molecular weight is 399 g/mol. The standard InChI is InChI=1S/C22H30N4O3/c1-2-25-13-10-18-17(14-25)20(27)19(22(29)24-18)21(28)23-15-6-8-16(9-7-15)26-11-4-3-5-12-26/h6-9,17-18,27H,2-5,10-14H2,1H3,(H,23,28)(H,24,29)/t17-,18-/m0/s1. The number of fused-ring (bicyclic) bond motifs is 1. The number of hydrogen-bond acceptors (Lipinski definition) is 5. The van der Waals surface area contributed by atoms with Gasteiger partial charge in [0, 0.05) is 43.6 Å². The Hall–Kier alpha value is -2.54. The lowest BCUT2D eigenvalue weighted by Crippen LogP contribution is -2.56. The zero-order valence-corrected chi connectivity index (χ0v) is 17.0. The van der Waals surface area contributed by atoms with Crippen LogP contribution in [0.3, 0.4) is 0 Å². The molecule has 29 heavy (non-hydrogen) atoms. The van der Waals surface area contributed by atoms with Gasteiger partial charge in [0.15, 0.2) is 0 Å². The highest BCUT2D eigenvalue weighted by Crippen LogP contribution is 2.29. The van der Waals surface area contributed by atoms with Gasteiger partial charge in [-0.2, -0.15) is 0 Å². The van der Waals surface area contributed by atoms with Crippen molar-refractivity contribution < 1.29 is 14.7 Å². The zero-order valence-electron chi connectivity index (χ0n) is 17.0. The first-order valence-electron chi connectivity index (χ1n) is 10.7. The van der Waals surface area contributed by atoms with Crippen molar-refractivity contribution in [2.75, 3.05) is 42.9 Å². The van der Waals surface area contributed by atoms with Gasteiger partial charge >= 0.3 is 0 Å². The van der Waals surface area contributed by atoms with Crippen LogP contribution < -0.4 is 15.5 Å². The molecule has 0 bridgehead atoms. The molecule has 3 aliphatic heterocycles. The fraction of sp³-hybridized carbons (Fsp3) is 0.545. The highest BCUT2D eigenvalue weighted by molar-refractivity contribution is 6.23. The van der Waals surface area contributed by atoms with E-state index in [1.54, 1.807) is 0 Å². The molecular formula is C22H30N4O3. The molecule has 2 amide bonds. The minimum atomic E-state index is -0.558. The van der Waals surface area contributed by atoms with E-state index in [0.717, 1.165) is 38.3 Å². The number of carbonyl (C=O) groups is 2. The van der Waals surface area contributed by atoms with Crippen molar-refractivity contribution in [2.24, 2.45) is 5.92 Å². The molecule has 2 saturated heterocycles. The van der Waals surface area contributed by atoms with Crippen LogP contribution in [0.2, 0.25) is 0 Å². The lowest BCUT2D eigenvalue weighted by molar-refractivity contribution is -0.124. The van der Waals surface area contributed by atoms with Gasteiger partial charge in [0.25, 0.3) is 11.8 Å². The molecule has 3 heterocycles. The Bertz CT molecular complexity index is 799. The highest BCUT2D eigenvalue weighted by atomic mass is 16.3. The molecule has 1 aromatic rings.